The highest BCUT2D eigenvalue weighted by Gasteiger charge is 2.16. The molecule has 0 aliphatic heterocycles. The van der Waals surface area contributed by atoms with Crippen molar-refractivity contribution in [1.29, 1.82) is 0 Å². The van der Waals surface area contributed by atoms with Crippen molar-refractivity contribution in [3.8, 4) is 11.4 Å². The Balaban J connectivity index is 1.79. The second-order valence-corrected chi connectivity index (χ2v) is 6.59. The lowest BCUT2D eigenvalue weighted by atomic mass is 10.1. The Hall–Kier alpha value is -3.12. The van der Waals surface area contributed by atoms with E-state index in [-0.39, 0.29) is 5.69 Å². The van der Waals surface area contributed by atoms with Crippen LogP contribution < -0.4 is 15.5 Å². The van der Waals surface area contributed by atoms with Gasteiger partial charge in [0, 0.05) is 18.3 Å². The molecule has 144 valence electrons. The number of hydrogen-bond donors (Lipinski definition) is 1. The highest BCUT2D eigenvalue weighted by Crippen LogP contribution is 2.20. The third-order valence-corrected chi connectivity index (χ3v) is 4.60. The van der Waals surface area contributed by atoms with Gasteiger partial charge in [0.2, 0.25) is 5.43 Å². The zero-order valence-corrected chi connectivity index (χ0v) is 16.4. The van der Waals surface area contributed by atoms with Crippen molar-refractivity contribution in [1.82, 2.24) is 15.1 Å². The third-order valence-electron chi connectivity index (χ3n) is 4.28. The Kier molecular flexibility index (Phi) is 6.11. The number of aromatic nitrogens is 2. The molecule has 1 aromatic heterocycles. The van der Waals surface area contributed by atoms with E-state index in [1.807, 2.05) is 30.3 Å². The van der Waals surface area contributed by atoms with Gasteiger partial charge in [-0.15, -0.1) is 0 Å². The largest absolute Gasteiger partial charge is 0.496 e. The molecule has 2 aromatic carbocycles. The van der Waals surface area contributed by atoms with Crippen LogP contribution in [0.4, 0.5) is 0 Å². The number of para-hydroxylation sites is 2. The highest BCUT2D eigenvalue weighted by atomic mass is 35.5. The predicted octanol–water partition coefficient (Wildman–Crippen LogP) is 3.18. The lowest BCUT2D eigenvalue weighted by Crippen LogP contribution is -2.33. The van der Waals surface area contributed by atoms with Gasteiger partial charge in [0.15, 0.2) is 5.69 Å². The fourth-order valence-corrected chi connectivity index (χ4v) is 3.09. The van der Waals surface area contributed by atoms with Crippen LogP contribution in [-0.2, 0) is 6.42 Å². The molecular formula is C21H20ClN3O3. The number of hydrogen-bond acceptors (Lipinski definition) is 4. The van der Waals surface area contributed by atoms with E-state index in [0.717, 1.165) is 11.3 Å². The van der Waals surface area contributed by atoms with Gasteiger partial charge in [-0.2, -0.15) is 5.10 Å². The first-order chi connectivity index (χ1) is 13.5. The molecule has 0 aliphatic rings. The standard InChI is InChI=1S/C21H20ClN3O3/c1-14-13-18(26)20(24-25(14)17-9-5-4-8-16(17)22)21(27)23-12-11-15-7-3-6-10-19(15)28-2/h3-10,13H,11-12H2,1-2H3,(H,23,27). The summed E-state index contributed by atoms with van der Waals surface area (Å²) < 4.78 is 6.80. The maximum Gasteiger partial charge on any atom is 0.275 e. The van der Waals surface area contributed by atoms with Crippen LogP contribution in [0.5, 0.6) is 5.75 Å². The molecule has 28 heavy (non-hydrogen) atoms. The minimum absolute atomic E-state index is 0.175. The number of carbonyl (C=O) groups excluding carboxylic acids is 1. The molecule has 0 saturated carbocycles. The van der Waals surface area contributed by atoms with Crippen LogP contribution in [0.2, 0.25) is 5.02 Å². The lowest BCUT2D eigenvalue weighted by Gasteiger charge is -2.13. The number of nitrogens with zero attached hydrogens (tertiary/aromatic N) is 2. The molecule has 0 spiro atoms. The molecule has 3 rings (SSSR count). The zero-order chi connectivity index (χ0) is 20.1. The van der Waals surface area contributed by atoms with E-state index in [0.29, 0.717) is 29.4 Å². The second kappa shape index (κ2) is 8.71. The molecule has 0 radical (unpaired) electrons. The van der Waals surface area contributed by atoms with Crippen molar-refractivity contribution in [2.45, 2.75) is 13.3 Å². The summed E-state index contributed by atoms with van der Waals surface area (Å²) in [5.74, 6) is 0.229. The SMILES string of the molecule is COc1ccccc1CCNC(=O)c1nn(-c2ccccc2Cl)c(C)cc1=O. The van der Waals surface area contributed by atoms with E-state index in [1.54, 1.807) is 32.2 Å². The summed E-state index contributed by atoms with van der Waals surface area (Å²) >= 11 is 6.23. The molecule has 6 nitrogen and oxygen atoms in total. The number of amides is 1. The number of halogens is 1. The van der Waals surface area contributed by atoms with Gasteiger partial charge < -0.3 is 10.1 Å². The predicted molar refractivity (Wildman–Crippen MR) is 109 cm³/mol. The summed E-state index contributed by atoms with van der Waals surface area (Å²) in [6.07, 6.45) is 0.570. The smallest absolute Gasteiger partial charge is 0.275 e. The molecule has 0 unspecified atom stereocenters. The van der Waals surface area contributed by atoms with Crippen molar-refractivity contribution in [2.75, 3.05) is 13.7 Å². The first-order valence-corrected chi connectivity index (χ1v) is 9.15. The van der Waals surface area contributed by atoms with Gasteiger partial charge in [0.1, 0.15) is 5.75 Å². The van der Waals surface area contributed by atoms with Gasteiger partial charge in [-0.1, -0.05) is 41.9 Å². The molecule has 1 heterocycles. The van der Waals surface area contributed by atoms with Gasteiger partial charge in [-0.25, -0.2) is 4.68 Å². The minimum atomic E-state index is -0.527. The summed E-state index contributed by atoms with van der Waals surface area (Å²) in [4.78, 5) is 24.8. The first-order valence-electron chi connectivity index (χ1n) is 8.77. The van der Waals surface area contributed by atoms with Gasteiger partial charge in [-0.05, 0) is 37.1 Å². The Morgan fingerprint density at radius 3 is 2.64 bits per heavy atom. The lowest BCUT2D eigenvalue weighted by molar-refractivity contribution is 0.0946. The number of aryl methyl sites for hydroxylation is 1. The van der Waals surface area contributed by atoms with Gasteiger partial charge in [0.25, 0.3) is 5.91 Å². The summed E-state index contributed by atoms with van der Waals surface area (Å²) in [6, 6.07) is 16.1. The quantitative estimate of drug-likeness (QED) is 0.693. The van der Waals surface area contributed by atoms with E-state index in [1.165, 1.54) is 10.7 Å². The molecule has 3 aromatic rings. The molecule has 7 heteroatoms. The number of rotatable bonds is 6. The van der Waals surface area contributed by atoms with E-state index in [2.05, 4.69) is 10.4 Å². The Labute approximate surface area is 167 Å². The highest BCUT2D eigenvalue weighted by molar-refractivity contribution is 6.32. The first kappa shape index (κ1) is 19.6. The van der Waals surface area contributed by atoms with Crippen LogP contribution in [0.1, 0.15) is 21.7 Å². The van der Waals surface area contributed by atoms with Crippen molar-refractivity contribution < 1.29 is 9.53 Å². The van der Waals surface area contributed by atoms with Crippen molar-refractivity contribution in [2.24, 2.45) is 0 Å². The number of ether oxygens (including phenoxy) is 1. The van der Waals surface area contributed by atoms with E-state index < -0.39 is 11.3 Å². The van der Waals surface area contributed by atoms with Crippen LogP contribution in [0.15, 0.2) is 59.4 Å². The van der Waals surface area contributed by atoms with Gasteiger partial charge in [0.05, 0.1) is 17.8 Å². The summed E-state index contributed by atoms with van der Waals surface area (Å²) in [7, 11) is 1.60. The van der Waals surface area contributed by atoms with E-state index >= 15 is 0 Å². The van der Waals surface area contributed by atoms with Crippen LogP contribution in [0, 0.1) is 6.92 Å². The summed E-state index contributed by atoms with van der Waals surface area (Å²) in [5, 5.41) is 7.47. The maximum atomic E-state index is 12.5. The molecule has 0 saturated heterocycles. The normalized spacial score (nSPS) is 10.5. The van der Waals surface area contributed by atoms with Gasteiger partial charge in [-0.3, -0.25) is 9.59 Å². The Morgan fingerprint density at radius 2 is 1.89 bits per heavy atom. The van der Waals surface area contributed by atoms with Crippen molar-refractivity contribution in [3.05, 3.63) is 86.8 Å². The monoisotopic (exact) mass is 397 g/mol. The van der Waals surface area contributed by atoms with Crippen LogP contribution >= 0.6 is 11.6 Å². The fourth-order valence-electron chi connectivity index (χ4n) is 2.88. The number of methoxy groups -OCH3 is 1. The van der Waals surface area contributed by atoms with Gasteiger partial charge >= 0.3 is 0 Å². The molecule has 0 bridgehead atoms. The fraction of sp³-hybridized carbons (Fsp3) is 0.190. The van der Waals surface area contributed by atoms with Crippen LogP contribution in [-0.4, -0.2) is 29.3 Å². The average molecular weight is 398 g/mol. The number of nitrogens with one attached hydrogen (secondary N) is 1. The maximum absolute atomic E-state index is 12.5. The molecule has 1 N–H and O–H groups in total. The minimum Gasteiger partial charge on any atom is -0.496 e. The summed E-state index contributed by atoms with van der Waals surface area (Å²) in [6.45, 7) is 2.08. The molecule has 0 aliphatic carbocycles. The molecule has 0 fully saturated rings. The average Bonchev–Trinajstić information content (AvgIpc) is 2.69. The molecular weight excluding hydrogens is 378 g/mol. The van der Waals surface area contributed by atoms with E-state index in [9.17, 15) is 9.59 Å². The van der Waals surface area contributed by atoms with Crippen molar-refractivity contribution in [3.63, 3.8) is 0 Å². The van der Waals surface area contributed by atoms with Crippen molar-refractivity contribution >= 4 is 17.5 Å². The topological polar surface area (TPSA) is 73.2 Å². The number of carbonyl (C=O) groups is 1. The third kappa shape index (κ3) is 4.23. The van der Waals surface area contributed by atoms with Crippen LogP contribution in [0.3, 0.4) is 0 Å². The Bertz CT molecular complexity index is 1060. The molecule has 0 atom stereocenters. The number of benzene rings is 2. The molecule has 1 amide bonds. The van der Waals surface area contributed by atoms with E-state index in [4.69, 9.17) is 16.3 Å². The zero-order valence-electron chi connectivity index (χ0n) is 15.6. The summed E-state index contributed by atoms with van der Waals surface area (Å²) in [5.41, 5.74) is 1.55. The second-order valence-electron chi connectivity index (χ2n) is 6.18. The Morgan fingerprint density at radius 1 is 1.18 bits per heavy atom. The van der Waals surface area contributed by atoms with Crippen LogP contribution in [0.25, 0.3) is 5.69 Å².